The Balaban J connectivity index is 1.91. The molecule has 0 N–H and O–H groups in total. The zero-order chi connectivity index (χ0) is 15.4. The quantitative estimate of drug-likeness (QED) is 0.465. The summed E-state index contributed by atoms with van der Waals surface area (Å²) < 4.78 is 0. The molecule has 0 amide bonds. The van der Waals surface area contributed by atoms with E-state index in [1.165, 1.54) is 42.7 Å². The average Bonchev–Trinajstić information content (AvgIpc) is 2.55. The van der Waals surface area contributed by atoms with Crippen LogP contribution in [-0.2, 0) is 12.8 Å². The van der Waals surface area contributed by atoms with Crippen molar-refractivity contribution in [2.75, 3.05) is 25.0 Å². The second-order valence-corrected chi connectivity index (χ2v) is 5.71. The summed E-state index contributed by atoms with van der Waals surface area (Å²) in [4.78, 5) is 6.46. The first kappa shape index (κ1) is 14.7. The van der Waals surface area contributed by atoms with Crippen molar-refractivity contribution in [1.29, 1.82) is 0 Å². The fraction of sp³-hybridized carbons (Fsp3) is 0.389. The lowest BCUT2D eigenvalue weighted by molar-refractivity contribution is 0.634. The number of aliphatic imine (C=N–C) groups is 1. The summed E-state index contributed by atoms with van der Waals surface area (Å²) in [5.41, 5.74) is 5.99. The monoisotopic (exact) mass is 294 g/mol. The van der Waals surface area contributed by atoms with Crippen LogP contribution < -0.4 is 4.90 Å². The molecule has 0 radical (unpaired) electrons. The van der Waals surface area contributed by atoms with Crippen LogP contribution in [0.3, 0.4) is 0 Å². The van der Waals surface area contributed by atoms with Gasteiger partial charge in [0.1, 0.15) is 0 Å². The highest BCUT2D eigenvalue weighted by Gasteiger charge is 2.24. The van der Waals surface area contributed by atoms with Gasteiger partial charge in [-0.05, 0) is 61.1 Å². The van der Waals surface area contributed by atoms with Crippen LogP contribution in [0.5, 0.6) is 0 Å². The number of hydrogen-bond acceptors (Lipinski definition) is 4. The zero-order valence-electron chi connectivity index (χ0n) is 13.1. The van der Waals surface area contributed by atoms with E-state index in [-0.39, 0.29) is 0 Å². The van der Waals surface area contributed by atoms with E-state index in [4.69, 9.17) is 0 Å². The van der Waals surface area contributed by atoms with Crippen molar-refractivity contribution in [3.05, 3.63) is 47.7 Å². The third-order valence-corrected chi connectivity index (χ3v) is 4.20. The minimum atomic E-state index is 0.721. The summed E-state index contributed by atoms with van der Waals surface area (Å²) in [6, 6.07) is 4.38. The molecule has 114 valence electrons. The number of hydrogen-bond donors (Lipinski definition) is 0. The third-order valence-electron chi connectivity index (χ3n) is 4.20. The van der Waals surface area contributed by atoms with Crippen molar-refractivity contribution in [3.63, 3.8) is 0 Å². The maximum atomic E-state index is 4.40. The van der Waals surface area contributed by atoms with Gasteiger partial charge >= 0.3 is 0 Å². The molecule has 0 fully saturated rings. The van der Waals surface area contributed by atoms with E-state index in [9.17, 15) is 0 Å². The van der Waals surface area contributed by atoms with Gasteiger partial charge < -0.3 is 4.90 Å². The fourth-order valence-electron chi connectivity index (χ4n) is 3.25. The summed E-state index contributed by atoms with van der Waals surface area (Å²) in [6.45, 7) is 6.15. The van der Waals surface area contributed by atoms with Gasteiger partial charge in [0.05, 0.1) is 11.4 Å². The summed E-state index contributed by atoms with van der Waals surface area (Å²) >= 11 is 0. The lowest BCUT2D eigenvalue weighted by Crippen LogP contribution is -2.34. The predicted octanol–water partition coefficient (Wildman–Crippen LogP) is 4.24. The lowest BCUT2D eigenvalue weighted by Gasteiger charge is -2.36. The van der Waals surface area contributed by atoms with Gasteiger partial charge in [0.15, 0.2) is 0 Å². The van der Waals surface area contributed by atoms with Crippen LogP contribution in [0.1, 0.15) is 24.0 Å². The predicted molar refractivity (Wildman–Crippen MR) is 92.5 cm³/mol. The number of nitrogens with zero attached hydrogens (tertiary/aromatic N) is 4. The molecule has 1 aromatic rings. The van der Waals surface area contributed by atoms with E-state index in [1.807, 2.05) is 0 Å². The molecule has 0 saturated heterocycles. The largest absolute Gasteiger partial charge is 0.371 e. The molecule has 3 rings (SSSR count). The number of rotatable bonds is 4. The van der Waals surface area contributed by atoms with Gasteiger partial charge in [-0.25, -0.2) is 0 Å². The van der Waals surface area contributed by atoms with Gasteiger partial charge in [-0.3, -0.25) is 4.99 Å². The highest BCUT2D eigenvalue weighted by molar-refractivity contribution is 5.72. The van der Waals surface area contributed by atoms with E-state index < -0.39 is 0 Å². The van der Waals surface area contributed by atoms with Crippen molar-refractivity contribution in [1.82, 2.24) is 0 Å². The van der Waals surface area contributed by atoms with Gasteiger partial charge in [-0.15, -0.1) is 0 Å². The highest BCUT2D eigenvalue weighted by Crippen LogP contribution is 2.38. The molecule has 2 heterocycles. The Morgan fingerprint density at radius 3 is 2.45 bits per heavy atom. The Labute approximate surface area is 132 Å². The number of anilines is 1. The van der Waals surface area contributed by atoms with E-state index in [2.05, 4.69) is 38.8 Å². The Hall–Kier alpha value is -2.23. The molecular weight excluding hydrogens is 272 g/mol. The van der Waals surface area contributed by atoms with Gasteiger partial charge in [0.2, 0.25) is 0 Å². The molecule has 2 aliphatic rings. The summed E-state index contributed by atoms with van der Waals surface area (Å²) in [5, 5.41) is 8.68. The first-order valence-corrected chi connectivity index (χ1v) is 7.89. The van der Waals surface area contributed by atoms with E-state index >= 15 is 0 Å². The molecule has 4 heteroatoms. The van der Waals surface area contributed by atoms with Gasteiger partial charge in [-0.2, -0.15) is 10.2 Å². The smallest absolute Gasteiger partial charge is 0.0866 e. The first-order valence-electron chi connectivity index (χ1n) is 7.89. The van der Waals surface area contributed by atoms with Crippen molar-refractivity contribution < 1.29 is 0 Å². The molecule has 0 unspecified atom stereocenters. The average molecular weight is 294 g/mol. The molecule has 22 heavy (non-hydrogen) atoms. The molecule has 0 spiro atoms. The van der Waals surface area contributed by atoms with Crippen molar-refractivity contribution in [3.8, 4) is 0 Å². The SMILES string of the molecule is C=C/C(=C\C=NC)N=Nc1cc2c3c(c1)CCCN3CCC2. The third kappa shape index (κ3) is 3.01. The second-order valence-electron chi connectivity index (χ2n) is 5.71. The van der Waals surface area contributed by atoms with Crippen LogP contribution in [-0.4, -0.2) is 26.4 Å². The minimum absolute atomic E-state index is 0.721. The van der Waals surface area contributed by atoms with Crippen molar-refractivity contribution >= 4 is 17.6 Å². The van der Waals surface area contributed by atoms with Crippen LogP contribution >= 0.6 is 0 Å². The zero-order valence-corrected chi connectivity index (χ0v) is 13.1. The molecule has 0 atom stereocenters. The Morgan fingerprint density at radius 2 is 1.86 bits per heavy atom. The van der Waals surface area contributed by atoms with Gasteiger partial charge in [0, 0.05) is 32.0 Å². The molecule has 0 bridgehead atoms. The van der Waals surface area contributed by atoms with Crippen LogP contribution in [0, 0.1) is 0 Å². The van der Waals surface area contributed by atoms with E-state index in [1.54, 1.807) is 25.4 Å². The molecular formula is C18H22N4. The standard InChI is InChI=1S/C18H22N4/c1-3-16(8-9-19-2)20-21-17-12-14-6-4-10-22-11-5-7-15(13-17)18(14)22/h3,8-9,12-13H,1,4-7,10-11H2,2H3/b16-8+,19-9?,21-20?. The van der Waals surface area contributed by atoms with Crippen molar-refractivity contribution in [2.45, 2.75) is 25.7 Å². The Bertz CT molecular complexity index is 624. The van der Waals surface area contributed by atoms with Crippen LogP contribution in [0.4, 0.5) is 11.4 Å². The van der Waals surface area contributed by atoms with Gasteiger partial charge in [-0.1, -0.05) is 6.58 Å². The molecule has 4 nitrogen and oxygen atoms in total. The van der Waals surface area contributed by atoms with Crippen LogP contribution in [0.2, 0.25) is 0 Å². The summed E-state index contributed by atoms with van der Waals surface area (Å²) in [6.07, 6.45) is 9.96. The number of azo groups is 1. The van der Waals surface area contributed by atoms with E-state index in [0.717, 1.165) is 24.2 Å². The number of allylic oxidation sites excluding steroid dienone is 2. The summed E-state index contributed by atoms with van der Waals surface area (Å²) in [5.74, 6) is 0. The molecule has 0 aromatic heterocycles. The number of aryl methyl sites for hydroxylation is 2. The van der Waals surface area contributed by atoms with Crippen LogP contribution in [0.25, 0.3) is 0 Å². The normalized spacial score (nSPS) is 18.0. The minimum Gasteiger partial charge on any atom is -0.371 e. The molecule has 0 aliphatic carbocycles. The maximum Gasteiger partial charge on any atom is 0.0866 e. The fourth-order valence-corrected chi connectivity index (χ4v) is 3.25. The van der Waals surface area contributed by atoms with Crippen molar-refractivity contribution in [2.24, 2.45) is 15.2 Å². The molecule has 1 aromatic carbocycles. The first-order chi connectivity index (χ1) is 10.8. The summed E-state index contributed by atoms with van der Waals surface area (Å²) in [7, 11) is 1.73. The molecule has 0 saturated carbocycles. The Kier molecular flexibility index (Phi) is 4.47. The van der Waals surface area contributed by atoms with Crippen LogP contribution in [0.15, 0.2) is 51.8 Å². The lowest BCUT2D eigenvalue weighted by atomic mass is 9.91. The number of benzene rings is 1. The Morgan fingerprint density at radius 1 is 1.18 bits per heavy atom. The topological polar surface area (TPSA) is 40.3 Å². The van der Waals surface area contributed by atoms with E-state index in [0.29, 0.717) is 0 Å². The second kappa shape index (κ2) is 6.69. The van der Waals surface area contributed by atoms with Gasteiger partial charge in [0.25, 0.3) is 0 Å². The highest BCUT2D eigenvalue weighted by atomic mass is 15.1. The maximum absolute atomic E-state index is 4.40. The molecule has 2 aliphatic heterocycles.